The normalized spacial score (nSPS) is 24.2. The van der Waals surface area contributed by atoms with Gasteiger partial charge in [-0.3, -0.25) is 9.59 Å². The molecule has 0 N–H and O–H groups in total. The first kappa shape index (κ1) is 17.2. The van der Waals surface area contributed by atoms with Gasteiger partial charge in [-0.2, -0.15) is 0 Å². The molecule has 0 aliphatic carbocycles. The molecule has 1 fully saturated rings. The molecule has 0 aromatic carbocycles. The topological polar surface area (TPSA) is 61.8 Å². The van der Waals surface area contributed by atoms with Gasteiger partial charge in [0.05, 0.1) is 0 Å². The highest BCUT2D eigenvalue weighted by molar-refractivity contribution is 6.74. The number of cyclic esters (lactones) is 1. The summed E-state index contributed by atoms with van der Waals surface area (Å²) in [4.78, 5) is 22.7. The second-order valence-corrected chi connectivity index (χ2v) is 11.6. The quantitative estimate of drug-likeness (QED) is 0.590. The lowest BCUT2D eigenvalue weighted by Crippen LogP contribution is -2.55. The van der Waals surface area contributed by atoms with Crippen molar-refractivity contribution in [3.63, 3.8) is 0 Å². The molecule has 1 unspecified atom stereocenters. The molecule has 20 heavy (non-hydrogen) atoms. The lowest BCUT2D eigenvalue weighted by atomic mass is 10.1. The molecule has 0 saturated carbocycles. The maximum atomic E-state index is 11.6. The molecule has 0 bridgehead atoms. The van der Waals surface area contributed by atoms with Crippen LogP contribution in [0.4, 0.5) is 0 Å². The molecule has 0 spiro atoms. The maximum Gasteiger partial charge on any atom is 0.308 e. The van der Waals surface area contributed by atoms with E-state index in [-0.39, 0.29) is 17.6 Å². The van der Waals surface area contributed by atoms with E-state index in [1.54, 1.807) is 0 Å². The molecule has 6 heteroatoms. The first-order valence-corrected chi connectivity index (χ1v) is 9.94. The number of carbonyl (C=O) groups is 2. The fourth-order valence-electron chi connectivity index (χ4n) is 1.84. The minimum Gasteiger partial charge on any atom is -0.459 e. The van der Waals surface area contributed by atoms with Crippen LogP contribution < -0.4 is 0 Å². The lowest BCUT2D eigenvalue weighted by Gasteiger charge is -2.45. The fraction of sp³-hybridized carbons (Fsp3) is 0.857. The summed E-state index contributed by atoms with van der Waals surface area (Å²) in [6, 6.07) is 0. The van der Waals surface area contributed by atoms with E-state index in [4.69, 9.17) is 13.9 Å². The van der Waals surface area contributed by atoms with Crippen LogP contribution in [0.1, 0.15) is 47.0 Å². The molecular weight excluding hydrogens is 276 g/mol. The molecule has 1 rings (SSSR count). The Bertz CT molecular complexity index is 386. The van der Waals surface area contributed by atoms with Crippen molar-refractivity contribution in [2.45, 2.75) is 70.9 Å². The van der Waals surface area contributed by atoms with Crippen LogP contribution >= 0.6 is 0 Å². The monoisotopic (exact) mass is 302 g/mol. The van der Waals surface area contributed by atoms with Crippen LogP contribution in [0, 0.1) is 0 Å². The predicted octanol–water partition coefficient (Wildman–Crippen LogP) is 2.99. The molecule has 1 saturated heterocycles. The Morgan fingerprint density at radius 3 is 2.45 bits per heavy atom. The maximum absolute atomic E-state index is 11.6. The van der Waals surface area contributed by atoms with Crippen molar-refractivity contribution in [2.24, 2.45) is 0 Å². The van der Waals surface area contributed by atoms with Gasteiger partial charge < -0.3 is 13.9 Å². The highest BCUT2D eigenvalue weighted by Crippen LogP contribution is 2.41. The third-order valence-corrected chi connectivity index (χ3v) is 8.48. The van der Waals surface area contributed by atoms with Crippen LogP contribution in [0.2, 0.25) is 18.1 Å². The first-order chi connectivity index (χ1) is 8.97. The highest BCUT2D eigenvalue weighted by Gasteiger charge is 2.49. The standard InChI is InChI=1S/C14H26O5Si/c1-11(15)17-10-14(9-7-8-12(16)18-14)19-20(5,6)13(2,3)4/h7-10H2,1-6H3. The summed E-state index contributed by atoms with van der Waals surface area (Å²) in [7, 11) is -2.13. The molecule has 1 aliphatic rings. The summed E-state index contributed by atoms with van der Waals surface area (Å²) < 4.78 is 16.8. The molecular formula is C14H26O5Si. The molecule has 0 aromatic heterocycles. The van der Waals surface area contributed by atoms with E-state index in [0.717, 1.165) is 0 Å². The smallest absolute Gasteiger partial charge is 0.308 e. The average Bonchev–Trinajstić information content (AvgIpc) is 2.24. The van der Waals surface area contributed by atoms with Crippen molar-refractivity contribution in [1.29, 1.82) is 0 Å². The average molecular weight is 302 g/mol. The minimum absolute atomic E-state index is 0.0138. The largest absolute Gasteiger partial charge is 0.459 e. The molecule has 116 valence electrons. The van der Waals surface area contributed by atoms with Gasteiger partial charge >= 0.3 is 11.9 Å². The van der Waals surface area contributed by atoms with E-state index in [1.165, 1.54) is 6.92 Å². The highest BCUT2D eigenvalue weighted by atomic mass is 28.4. The van der Waals surface area contributed by atoms with E-state index in [9.17, 15) is 9.59 Å². The summed E-state index contributed by atoms with van der Waals surface area (Å²) in [5, 5.41) is -0.0138. The second kappa shape index (κ2) is 5.85. The molecule has 1 aliphatic heterocycles. The second-order valence-electron chi connectivity index (χ2n) is 6.88. The zero-order valence-corrected chi connectivity index (χ0v) is 14.4. The SMILES string of the molecule is CC(=O)OCC1(O[Si](C)(C)C(C)(C)C)CCCC(=O)O1. The van der Waals surface area contributed by atoms with Gasteiger partial charge in [-0.25, -0.2) is 0 Å². The minimum atomic E-state index is -2.13. The van der Waals surface area contributed by atoms with Gasteiger partial charge in [-0.1, -0.05) is 20.8 Å². The third kappa shape index (κ3) is 4.31. The zero-order chi connectivity index (χ0) is 15.6. The number of hydrogen-bond acceptors (Lipinski definition) is 5. The number of esters is 2. The van der Waals surface area contributed by atoms with Gasteiger partial charge in [-0.15, -0.1) is 0 Å². The van der Waals surface area contributed by atoms with Gasteiger partial charge in [-0.05, 0) is 24.6 Å². The van der Waals surface area contributed by atoms with Gasteiger partial charge in [0.2, 0.25) is 5.79 Å². The van der Waals surface area contributed by atoms with Crippen molar-refractivity contribution >= 4 is 20.3 Å². The number of rotatable bonds is 4. The van der Waals surface area contributed by atoms with E-state index in [1.807, 2.05) is 0 Å². The number of carbonyl (C=O) groups excluding carboxylic acids is 2. The number of hydrogen-bond donors (Lipinski definition) is 0. The summed E-state index contributed by atoms with van der Waals surface area (Å²) in [5.74, 6) is -1.80. The lowest BCUT2D eigenvalue weighted by molar-refractivity contribution is -0.233. The third-order valence-electron chi connectivity index (χ3n) is 3.98. The molecule has 1 heterocycles. The van der Waals surface area contributed by atoms with Crippen LogP contribution in [0.5, 0.6) is 0 Å². The predicted molar refractivity (Wildman–Crippen MR) is 77.6 cm³/mol. The Morgan fingerprint density at radius 1 is 1.40 bits per heavy atom. The van der Waals surface area contributed by atoms with E-state index < -0.39 is 20.1 Å². The van der Waals surface area contributed by atoms with Gasteiger partial charge in [0, 0.05) is 19.8 Å². The van der Waals surface area contributed by atoms with Crippen LogP contribution in [0.15, 0.2) is 0 Å². The van der Waals surface area contributed by atoms with E-state index in [0.29, 0.717) is 19.3 Å². The molecule has 1 atom stereocenters. The Kier molecular flexibility index (Phi) is 5.02. The zero-order valence-electron chi connectivity index (χ0n) is 13.4. The van der Waals surface area contributed by atoms with Crippen LogP contribution in [-0.4, -0.2) is 32.6 Å². The van der Waals surface area contributed by atoms with E-state index >= 15 is 0 Å². The van der Waals surface area contributed by atoms with Gasteiger partial charge in [0.1, 0.15) is 0 Å². The van der Waals surface area contributed by atoms with E-state index in [2.05, 4.69) is 33.9 Å². The fourth-order valence-corrected chi connectivity index (χ4v) is 3.28. The van der Waals surface area contributed by atoms with Crippen molar-refractivity contribution in [3.8, 4) is 0 Å². The van der Waals surface area contributed by atoms with Gasteiger partial charge in [0.25, 0.3) is 0 Å². The van der Waals surface area contributed by atoms with Crippen LogP contribution in [-0.2, 0) is 23.5 Å². The van der Waals surface area contributed by atoms with Crippen molar-refractivity contribution in [3.05, 3.63) is 0 Å². The van der Waals surface area contributed by atoms with Gasteiger partial charge in [0.15, 0.2) is 14.9 Å². The molecule has 0 amide bonds. The van der Waals surface area contributed by atoms with Crippen LogP contribution in [0.25, 0.3) is 0 Å². The summed E-state index contributed by atoms with van der Waals surface area (Å²) in [5.41, 5.74) is 0. The molecule has 0 radical (unpaired) electrons. The van der Waals surface area contributed by atoms with Crippen molar-refractivity contribution in [1.82, 2.24) is 0 Å². The van der Waals surface area contributed by atoms with Crippen molar-refractivity contribution in [2.75, 3.05) is 6.61 Å². The molecule has 5 nitrogen and oxygen atoms in total. The Hall–Kier alpha value is -0.883. The molecule has 0 aromatic rings. The number of ether oxygens (including phenoxy) is 2. The first-order valence-electron chi connectivity index (χ1n) is 7.03. The summed E-state index contributed by atoms with van der Waals surface area (Å²) in [6.45, 7) is 11.8. The Balaban J connectivity index is 2.93. The summed E-state index contributed by atoms with van der Waals surface area (Å²) >= 11 is 0. The van der Waals surface area contributed by atoms with Crippen LogP contribution in [0.3, 0.4) is 0 Å². The Labute approximate surface area is 122 Å². The Morgan fingerprint density at radius 2 is 2.00 bits per heavy atom. The van der Waals surface area contributed by atoms with Crippen molar-refractivity contribution < 1.29 is 23.5 Å². The summed E-state index contributed by atoms with van der Waals surface area (Å²) in [6.07, 6.45) is 1.65.